The van der Waals surface area contributed by atoms with Gasteiger partial charge in [0, 0.05) is 44.0 Å². The summed E-state index contributed by atoms with van der Waals surface area (Å²) in [6, 6.07) is 10.3. The summed E-state index contributed by atoms with van der Waals surface area (Å²) in [6.07, 6.45) is 6.36. The maximum Gasteiger partial charge on any atom is 0.410 e. The molecular weight excluding hydrogens is 500 g/mol. The van der Waals surface area contributed by atoms with E-state index in [1.807, 2.05) is 57.3 Å². The molecule has 0 spiro atoms. The van der Waals surface area contributed by atoms with Crippen molar-refractivity contribution in [3.8, 4) is 27.6 Å². The second kappa shape index (κ2) is 11.1. The Morgan fingerprint density at radius 1 is 1.03 bits per heavy atom. The summed E-state index contributed by atoms with van der Waals surface area (Å²) in [7, 11) is 1.66. The summed E-state index contributed by atoms with van der Waals surface area (Å²) in [5.41, 5.74) is 2.23. The van der Waals surface area contributed by atoms with Crippen molar-refractivity contribution in [2.24, 2.45) is 0 Å². The van der Waals surface area contributed by atoms with Crippen LogP contribution in [0.1, 0.15) is 46.5 Å². The number of rotatable bonds is 6. The molecule has 0 bridgehead atoms. The largest absolute Gasteiger partial charge is 0.497 e. The molecule has 0 unspecified atom stereocenters. The molecule has 1 N–H and O–H groups in total. The zero-order valence-corrected chi connectivity index (χ0v) is 23.4. The van der Waals surface area contributed by atoms with Crippen LogP contribution in [0.3, 0.4) is 0 Å². The summed E-state index contributed by atoms with van der Waals surface area (Å²) in [5, 5.41) is 4.43. The molecule has 0 atom stereocenters. The lowest BCUT2D eigenvalue weighted by Crippen LogP contribution is -2.50. The Morgan fingerprint density at radius 2 is 1.74 bits per heavy atom. The molecule has 2 aromatic heterocycles. The number of benzene rings is 1. The van der Waals surface area contributed by atoms with E-state index in [9.17, 15) is 4.79 Å². The minimum Gasteiger partial charge on any atom is -0.497 e. The van der Waals surface area contributed by atoms with Gasteiger partial charge in [0.15, 0.2) is 5.13 Å². The van der Waals surface area contributed by atoms with Crippen molar-refractivity contribution < 1.29 is 14.3 Å². The zero-order chi connectivity index (χ0) is 26.7. The highest BCUT2D eigenvalue weighted by Crippen LogP contribution is 2.40. The topological polar surface area (TPSA) is 92.7 Å². The lowest BCUT2D eigenvalue weighted by atomic mass is 10.1. The number of piperazine rings is 1. The fourth-order valence-corrected chi connectivity index (χ4v) is 5.89. The highest BCUT2D eigenvalue weighted by Gasteiger charge is 2.28. The molecule has 1 amide bonds. The first-order valence-electron chi connectivity index (χ1n) is 13.3. The maximum atomic E-state index is 12.5. The second-order valence-corrected chi connectivity index (χ2v) is 11.7. The van der Waals surface area contributed by atoms with Crippen LogP contribution in [0.5, 0.6) is 5.75 Å². The van der Waals surface area contributed by atoms with Crippen LogP contribution >= 0.6 is 11.3 Å². The van der Waals surface area contributed by atoms with Crippen LogP contribution in [0.4, 0.5) is 15.9 Å². The zero-order valence-electron chi connectivity index (χ0n) is 22.6. The van der Waals surface area contributed by atoms with Crippen molar-refractivity contribution in [3.63, 3.8) is 0 Å². The number of anilines is 2. The van der Waals surface area contributed by atoms with E-state index in [2.05, 4.69) is 15.2 Å². The first-order chi connectivity index (χ1) is 18.3. The highest BCUT2D eigenvalue weighted by atomic mass is 32.1. The van der Waals surface area contributed by atoms with Crippen molar-refractivity contribution in [1.29, 1.82) is 0 Å². The molecule has 1 aliphatic heterocycles. The van der Waals surface area contributed by atoms with E-state index in [1.165, 1.54) is 12.8 Å². The van der Waals surface area contributed by atoms with Gasteiger partial charge in [-0.15, -0.1) is 0 Å². The molecule has 38 heavy (non-hydrogen) atoms. The average molecular weight is 537 g/mol. The number of nitrogens with one attached hydrogen (secondary N) is 1. The molecule has 1 saturated heterocycles. The summed E-state index contributed by atoms with van der Waals surface area (Å²) < 4.78 is 10.9. The Morgan fingerprint density at radius 3 is 2.39 bits per heavy atom. The van der Waals surface area contributed by atoms with Crippen molar-refractivity contribution in [1.82, 2.24) is 19.9 Å². The standard InChI is InChI=1S/C28H36N6O3S/c1-28(2,3)37-27(35)34-17-15-33(16-18-34)26-32-23(19-9-11-21(36-4)12-10-19)24(38-26)22-13-14-29-25(31-22)30-20-7-5-6-8-20/h9-14,20H,5-8,15-18H2,1-4H3,(H,29,30,31). The monoisotopic (exact) mass is 536 g/mol. The molecule has 1 saturated carbocycles. The molecule has 2 aliphatic rings. The molecular formula is C28H36N6O3S. The molecule has 0 radical (unpaired) electrons. The highest BCUT2D eigenvalue weighted by molar-refractivity contribution is 7.19. The predicted octanol–water partition coefficient (Wildman–Crippen LogP) is 5.69. The number of nitrogens with zero attached hydrogens (tertiary/aromatic N) is 5. The van der Waals surface area contributed by atoms with Crippen LogP contribution < -0.4 is 15.0 Å². The number of carbonyl (C=O) groups is 1. The van der Waals surface area contributed by atoms with Gasteiger partial charge in [0.1, 0.15) is 11.4 Å². The molecule has 9 nitrogen and oxygen atoms in total. The van der Waals surface area contributed by atoms with Gasteiger partial charge in [0.25, 0.3) is 0 Å². The lowest BCUT2D eigenvalue weighted by molar-refractivity contribution is 0.0240. The minimum atomic E-state index is -0.505. The smallest absolute Gasteiger partial charge is 0.410 e. The maximum absolute atomic E-state index is 12.5. The summed E-state index contributed by atoms with van der Waals surface area (Å²) >= 11 is 1.63. The number of methoxy groups -OCH3 is 1. The Kier molecular flexibility index (Phi) is 7.69. The molecule has 2 fully saturated rings. The number of thiazole rings is 1. The number of amides is 1. The van der Waals surface area contributed by atoms with Crippen molar-refractivity contribution in [2.75, 3.05) is 43.5 Å². The van der Waals surface area contributed by atoms with Crippen LogP contribution in [0.15, 0.2) is 36.5 Å². The van der Waals surface area contributed by atoms with E-state index in [0.29, 0.717) is 38.2 Å². The van der Waals surface area contributed by atoms with Gasteiger partial charge in [0.05, 0.1) is 23.4 Å². The molecule has 1 aliphatic carbocycles. The number of hydrogen-bond acceptors (Lipinski definition) is 9. The number of aromatic nitrogens is 3. The third-order valence-corrected chi connectivity index (χ3v) is 7.90. The Balaban J connectivity index is 1.41. The van der Waals surface area contributed by atoms with Crippen molar-refractivity contribution in [2.45, 2.75) is 58.1 Å². The van der Waals surface area contributed by atoms with Crippen LogP contribution in [-0.4, -0.2) is 70.9 Å². The van der Waals surface area contributed by atoms with E-state index in [4.69, 9.17) is 19.4 Å². The molecule has 5 rings (SSSR count). The Labute approximate surface area is 228 Å². The summed E-state index contributed by atoms with van der Waals surface area (Å²) in [5.74, 6) is 1.46. The normalized spacial score (nSPS) is 16.5. The van der Waals surface area contributed by atoms with Gasteiger partial charge in [0.2, 0.25) is 5.95 Å². The van der Waals surface area contributed by atoms with Crippen LogP contribution in [0, 0.1) is 0 Å². The number of ether oxygens (including phenoxy) is 2. The molecule has 3 aromatic rings. The first-order valence-corrected chi connectivity index (χ1v) is 14.1. The minimum absolute atomic E-state index is 0.265. The fourth-order valence-electron chi connectivity index (χ4n) is 4.78. The first kappa shape index (κ1) is 26.2. The van der Waals surface area contributed by atoms with E-state index >= 15 is 0 Å². The SMILES string of the molecule is COc1ccc(-c2nc(N3CCN(C(=O)OC(C)(C)C)CC3)sc2-c2ccnc(NC3CCCC3)n2)cc1. The Hall–Kier alpha value is -3.40. The molecule has 3 heterocycles. The number of hydrogen-bond donors (Lipinski definition) is 1. The molecule has 202 valence electrons. The molecule has 10 heteroatoms. The van der Waals surface area contributed by atoms with E-state index < -0.39 is 5.60 Å². The van der Waals surface area contributed by atoms with E-state index in [0.717, 1.165) is 45.6 Å². The number of carbonyl (C=O) groups excluding carboxylic acids is 1. The summed E-state index contributed by atoms with van der Waals surface area (Å²) in [4.78, 5) is 32.0. The van der Waals surface area contributed by atoms with Gasteiger partial charge in [-0.05, 0) is 63.9 Å². The van der Waals surface area contributed by atoms with Gasteiger partial charge >= 0.3 is 6.09 Å². The van der Waals surface area contributed by atoms with Gasteiger partial charge in [-0.1, -0.05) is 24.2 Å². The van der Waals surface area contributed by atoms with Crippen LogP contribution in [-0.2, 0) is 4.74 Å². The lowest BCUT2D eigenvalue weighted by Gasteiger charge is -2.35. The van der Waals surface area contributed by atoms with Crippen molar-refractivity contribution >= 4 is 28.5 Å². The second-order valence-electron chi connectivity index (χ2n) is 10.7. The van der Waals surface area contributed by atoms with Crippen molar-refractivity contribution in [3.05, 3.63) is 36.5 Å². The van der Waals surface area contributed by atoms with Crippen LogP contribution in [0.25, 0.3) is 21.8 Å². The van der Waals surface area contributed by atoms with E-state index in [-0.39, 0.29) is 6.09 Å². The third-order valence-electron chi connectivity index (χ3n) is 6.76. The van der Waals surface area contributed by atoms with Gasteiger partial charge in [-0.25, -0.2) is 19.7 Å². The average Bonchev–Trinajstić information content (AvgIpc) is 3.58. The third kappa shape index (κ3) is 6.18. The van der Waals surface area contributed by atoms with Gasteiger partial charge < -0.3 is 24.6 Å². The van der Waals surface area contributed by atoms with Crippen LogP contribution in [0.2, 0.25) is 0 Å². The predicted molar refractivity (Wildman–Crippen MR) is 151 cm³/mol. The quantitative estimate of drug-likeness (QED) is 0.430. The Bertz CT molecular complexity index is 1240. The fraction of sp³-hybridized carbons (Fsp3) is 0.500. The van der Waals surface area contributed by atoms with E-state index in [1.54, 1.807) is 23.3 Å². The van der Waals surface area contributed by atoms with Gasteiger partial charge in [-0.3, -0.25) is 0 Å². The molecule has 1 aromatic carbocycles. The van der Waals surface area contributed by atoms with Gasteiger partial charge in [-0.2, -0.15) is 0 Å². The summed E-state index contributed by atoms with van der Waals surface area (Å²) in [6.45, 7) is 8.22.